The van der Waals surface area contributed by atoms with Crippen LogP contribution in [0.5, 0.6) is 17.2 Å². The summed E-state index contributed by atoms with van der Waals surface area (Å²) in [4.78, 5) is 5.37. The van der Waals surface area contributed by atoms with Gasteiger partial charge in [0.2, 0.25) is 4.80 Å². The number of methoxy groups -OCH3 is 2. The number of phenols is 1. The summed E-state index contributed by atoms with van der Waals surface area (Å²) in [5.74, 6) is 1.65. The van der Waals surface area contributed by atoms with Crippen LogP contribution in [0.15, 0.2) is 70.1 Å². The van der Waals surface area contributed by atoms with E-state index in [0.29, 0.717) is 12.3 Å². The van der Waals surface area contributed by atoms with Crippen molar-refractivity contribution in [3.63, 3.8) is 0 Å². The Hall–Kier alpha value is -3.32. The predicted octanol–water partition coefficient (Wildman–Crippen LogP) is 4.30. The summed E-state index contributed by atoms with van der Waals surface area (Å²) in [6, 6.07) is 12.5. The molecular formula is C22H23N3O3S. The quantitative estimate of drug-likeness (QED) is 0.467. The zero-order chi connectivity index (χ0) is 20.8. The highest BCUT2D eigenvalue weighted by atomic mass is 32.1. The molecule has 0 atom stereocenters. The van der Waals surface area contributed by atoms with E-state index in [2.05, 4.69) is 16.7 Å². The fourth-order valence-corrected chi connectivity index (χ4v) is 3.43. The van der Waals surface area contributed by atoms with E-state index in [0.717, 1.165) is 32.9 Å². The van der Waals surface area contributed by atoms with Crippen LogP contribution in [-0.4, -0.2) is 36.8 Å². The van der Waals surface area contributed by atoms with Gasteiger partial charge in [0.05, 0.1) is 32.7 Å². The van der Waals surface area contributed by atoms with Crippen LogP contribution in [0.25, 0.3) is 11.3 Å². The van der Waals surface area contributed by atoms with Gasteiger partial charge in [0.1, 0.15) is 17.2 Å². The molecule has 0 saturated heterocycles. The molecule has 0 aliphatic heterocycles. The number of nitrogens with zero attached hydrogens (tertiary/aromatic N) is 3. The van der Waals surface area contributed by atoms with Gasteiger partial charge in [-0.05, 0) is 55.0 Å². The van der Waals surface area contributed by atoms with Crippen LogP contribution in [0.4, 0.5) is 0 Å². The van der Waals surface area contributed by atoms with Crippen molar-refractivity contribution in [1.82, 2.24) is 4.68 Å². The van der Waals surface area contributed by atoms with E-state index in [1.54, 1.807) is 49.4 Å². The monoisotopic (exact) mass is 409 g/mol. The Bertz CT molecular complexity index is 1100. The molecule has 150 valence electrons. The maximum absolute atomic E-state index is 9.48. The van der Waals surface area contributed by atoms with Crippen molar-refractivity contribution in [3.05, 3.63) is 70.4 Å². The standard InChI is InChI=1S/C22H23N3O3S/c1-15(2)12-23-22-25(24-13-16-5-7-17(26)8-6-16)20(14-29-22)19-11-18(27-3)9-10-21(19)28-4/h5-11,13-14,26H,1,12H2,2-4H3. The molecule has 0 aliphatic carbocycles. The molecule has 0 fully saturated rings. The third kappa shape index (κ3) is 4.94. The third-order valence-electron chi connectivity index (χ3n) is 4.07. The van der Waals surface area contributed by atoms with Gasteiger partial charge in [-0.2, -0.15) is 5.10 Å². The van der Waals surface area contributed by atoms with E-state index in [1.165, 1.54) is 11.3 Å². The van der Waals surface area contributed by atoms with Crippen LogP contribution in [0.2, 0.25) is 0 Å². The summed E-state index contributed by atoms with van der Waals surface area (Å²) in [5.41, 5.74) is 3.51. The van der Waals surface area contributed by atoms with Crippen LogP contribution < -0.4 is 14.3 Å². The fraction of sp³-hybridized carbons (Fsp3) is 0.182. The van der Waals surface area contributed by atoms with Gasteiger partial charge in [-0.1, -0.05) is 12.2 Å². The number of aromatic nitrogens is 1. The number of hydrogen-bond donors (Lipinski definition) is 1. The first-order valence-corrected chi connectivity index (χ1v) is 9.81. The highest BCUT2D eigenvalue weighted by Crippen LogP contribution is 2.33. The second kappa shape index (κ2) is 9.25. The molecule has 29 heavy (non-hydrogen) atoms. The molecule has 0 unspecified atom stereocenters. The number of aromatic hydroxyl groups is 1. The molecule has 1 aromatic heterocycles. The smallest absolute Gasteiger partial charge is 0.206 e. The van der Waals surface area contributed by atoms with Gasteiger partial charge in [0.25, 0.3) is 0 Å². The largest absolute Gasteiger partial charge is 0.508 e. The van der Waals surface area contributed by atoms with E-state index >= 15 is 0 Å². The van der Waals surface area contributed by atoms with E-state index in [9.17, 15) is 5.11 Å². The van der Waals surface area contributed by atoms with Gasteiger partial charge in [0.15, 0.2) is 0 Å². The van der Waals surface area contributed by atoms with Gasteiger partial charge in [-0.25, -0.2) is 4.68 Å². The lowest BCUT2D eigenvalue weighted by molar-refractivity contribution is 0.404. The minimum atomic E-state index is 0.212. The van der Waals surface area contributed by atoms with Gasteiger partial charge in [0, 0.05) is 10.9 Å². The zero-order valence-corrected chi connectivity index (χ0v) is 17.4. The average Bonchev–Trinajstić information content (AvgIpc) is 3.13. The summed E-state index contributed by atoms with van der Waals surface area (Å²) < 4.78 is 12.7. The zero-order valence-electron chi connectivity index (χ0n) is 16.6. The van der Waals surface area contributed by atoms with E-state index in [-0.39, 0.29) is 5.75 Å². The molecule has 0 aliphatic rings. The molecule has 0 radical (unpaired) electrons. The first-order valence-electron chi connectivity index (χ1n) is 8.93. The fourth-order valence-electron chi connectivity index (χ4n) is 2.61. The number of thiazole rings is 1. The SMILES string of the molecule is C=C(C)CN=c1scc(-c2cc(OC)ccc2OC)n1N=Cc1ccc(O)cc1. The Balaban J connectivity index is 2.14. The van der Waals surface area contributed by atoms with Crippen LogP contribution >= 0.6 is 11.3 Å². The van der Waals surface area contributed by atoms with Crippen LogP contribution in [0.3, 0.4) is 0 Å². The van der Waals surface area contributed by atoms with Crippen molar-refractivity contribution in [2.45, 2.75) is 6.92 Å². The van der Waals surface area contributed by atoms with E-state index in [1.807, 2.05) is 30.5 Å². The molecule has 6 nitrogen and oxygen atoms in total. The maximum Gasteiger partial charge on any atom is 0.206 e. The van der Waals surface area contributed by atoms with E-state index in [4.69, 9.17) is 9.47 Å². The van der Waals surface area contributed by atoms with Crippen molar-refractivity contribution in [2.24, 2.45) is 10.1 Å². The number of benzene rings is 2. The lowest BCUT2D eigenvalue weighted by atomic mass is 10.1. The summed E-state index contributed by atoms with van der Waals surface area (Å²) >= 11 is 1.49. The van der Waals surface area contributed by atoms with E-state index < -0.39 is 0 Å². The summed E-state index contributed by atoms with van der Waals surface area (Å²) in [7, 11) is 3.26. The Morgan fingerprint density at radius 3 is 2.59 bits per heavy atom. The molecule has 0 spiro atoms. The van der Waals surface area contributed by atoms with Gasteiger partial charge >= 0.3 is 0 Å². The summed E-state index contributed by atoms with van der Waals surface area (Å²) in [6.45, 7) is 6.38. The lowest BCUT2D eigenvalue weighted by Gasteiger charge is -2.11. The second-order valence-corrected chi connectivity index (χ2v) is 7.23. The number of rotatable bonds is 7. The number of phenolic OH excluding ortho intramolecular Hbond substituents is 1. The van der Waals surface area contributed by atoms with Gasteiger partial charge in [-0.3, -0.25) is 4.99 Å². The maximum atomic E-state index is 9.48. The average molecular weight is 410 g/mol. The molecule has 3 aromatic rings. The lowest BCUT2D eigenvalue weighted by Crippen LogP contribution is -2.13. The molecule has 0 amide bonds. The minimum Gasteiger partial charge on any atom is -0.508 e. The first kappa shape index (κ1) is 20.4. The Kier molecular flexibility index (Phi) is 6.51. The molecule has 3 rings (SSSR count). The predicted molar refractivity (Wildman–Crippen MR) is 117 cm³/mol. The normalized spacial score (nSPS) is 11.8. The molecule has 2 aromatic carbocycles. The van der Waals surface area contributed by atoms with Crippen molar-refractivity contribution in [3.8, 4) is 28.5 Å². The number of hydrogen-bond acceptors (Lipinski definition) is 6. The second-order valence-electron chi connectivity index (χ2n) is 6.39. The van der Waals surface area contributed by atoms with Gasteiger partial charge < -0.3 is 14.6 Å². The molecule has 0 saturated carbocycles. The molecule has 7 heteroatoms. The number of ether oxygens (including phenoxy) is 2. The third-order valence-corrected chi connectivity index (χ3v) is 4.92. The Morgan fingerprint density at radius 2 is 1.93 bits per heavy atom. The molecular weight excluding hydrogens is 386 g/mol. The summed E-state index contributed by atoms with van der Waals surface area (Å²) in [5, 5.41) is 16.1. The Labute approximate surface area is 173 Å². The van der Waals surface area contributed by atoms with Crippen molar-refractivity contribution in [2.75, 3.05) is 20.8 Å². The molecule has 1 N–H and O–H groups in total. The van der Waals surface area contributed by atoms with Crippen LogP contribution in [-0.2, 0) is 0 Å². The highest BCUT2D eigenvalue weighted by molar-refractivity contribution is 7.07. The minimum absolute atomic E-state index is 0.212. The highest BCUT2D eigenvalue weighted by Gasteiger charge is 2.14. The van der Waals surface area contributed by atoms with Crippen molar-refractivity contribution >= 4 is 17.6 Å². The van der Waals surface area contributed by atoms with Crippen LogP contribution in [0, 0.1) is 0 Å². The van der Waals surface area contributed by atoms with Gasteiger partial charge in [-0.15, -0.1) is 11.3 Å². The summed E-state index contributed by atoms with van der Waals surface area (Å²) in [6.07, 6.45) is 1.72. The topological polar surface area (TPSA) is 68.3 Å². The Morgan fingerprint density at radius 1 is 1.17 bits per heavy atom. The van der Waals surface area contributed by atoms with Crippen molar-refractivity contribution < 1.29 is 14.6 Å². The van der Waals surface area contributed by atoms with Crippen LogP contribution in [0.1, 0.15) is 12.5 Å². The molecule has 1 heterocycles. The molecule has 0 bridgehead atoms. The van der Waals surface area contributed by atoms with Crippen molar-refractivity contribution in [1.29, 1.82) is 0 Å². The first-order chi connectivity index (χ1) is 14.0.